The van der Waals surface area contributed by atoms with Gasteiger partial charge in [0.05, 0.1) is 10.6 Å². The van der Waals surface area contributed by atoms with Crippen molar-refractivity contribution >= 4 is 23.4 Å². The average molecular weight is 321 g/mol. The molecule has 1 aromatic rings. The van der Waals surface area contributed by atoms with E-state index in [0.717, 1.165) is 18.7 Å². The normalized spacial score (nSPS) is 27.2. The van der Waals surface area contributed by atoms with E-state index in [-0.39, 0.29) is 17.2 Å². The van der Waals surface area contributed by atoms with Crippen LogP contribution in [-0.4, -0.2) is 47.8 Å². The Morgan fingerprint density at radius 2 is 1.86 bits per heavy atom. The highest BCUT2D eigenvalue weighted by Gasteiger charge is 2.51. The maximum Gasteiger partial charge on any atom is 0.255 e. The van der Waals surface area contributed by atoms with Crippen LogP contribution >= 0.6 is 11.6 Å². The highest BCUT2D eigenvalue weighted by atomic mass is 35.5. The maximum atomic E-state index is 12.8. The Morgan fingerprint density at radius 3 is 2.50 bits per heavy atom. The number of hydrogen-bond acceptors (Lipinski definition) is 2. The van der Waals surface area contributed by atoms with E-state index in [9.17, 15) is 9.59 Å². The fourth-order valence-corrected chi connectivity index (χ4v) is 3.92. The Balaban J connectivity index is 1.78. The third kappa shape index (κ3) is 2.39. The van der Waals surface area contributed by atoms with E-state index in [4.69, 9.17) is 11.6 Å². The second kappa shape index (κ2) is 5.27. The number of likely N-dealkylation sites (tertiary alicyclic amines) is 2. The first-order valence-electron chi connectivity index (χ1n) is 7.62. The summed E-state index contributed by atoms with van der Waals surface area (Å²) >= 11 is 6.29. The zero-order valence-corrected chi connectivity index (χ0v) is 14.0. The average Bonchev–Trinajstić information content (AvgIpc) is 2.93. The zero-order chi connectivity index (χ0) is 16.1. The molecule has 3 rings (SSSR count). The van der Waals surface area contributed by atoms with Crippen LogP contribution in [-0.2, 0) is 4.79 Å². The molecule has 0 spiro atoms. The number of nitrogens with zero attached hydrogens (tertiary/aromatic N) is 2. The van der Waals surface area contributed by atoms with Gasteiger partial charge in [-0.3, -0.25) is 9.59 Å². The van der Waals surface area contributed by atoms with Crippen molar-refractivity contribution in [2.24, 2.45) is 11.3 Å². The highest BCUT2D eigenvalue weighted by molar-refractivity contribution is 6.34. The molecule has 2 amide bonds. The minimum Gasteiger partial charge on any atom is -0.342 e. The Bertz CT molecular complexity index is 646. The number of hydrogen-bond donors (Lipinski definition) is 0. The number of benzene rings is 1. The number of rotatable bonds is 1. The summed E-state index contributed by atoms with van der Waals surface area (Å²) in [4.78, 5) is 28.1. The smallest absolute Gasteiger partial charge is 0.255 e. The van der Waals surface area contributed by atoms with Crippen LogP contribution in [0.4, 0.5) is 0 Å². The topological polar surface area (TPSA) is 40.6 Å². The molecule has 2 saturated heterocycles. The van der Waals surface area contributed by atoms with E-state index in [0.29, 0.717) is 29.6 Å². The Morgan fingerprint density at radius 1 is 1.23 bits per heavy atom. The molecule has 2 aliphatic heterocycles. The minimum atomic E-state index is -0.00235. The van der Waals surface area contributed by atoms with E-state index in [1.54, 1.807) is 13.0 Å². The summed E-state index contributed by atoms with van der Waals surface area (Å²) in [5.41, 5.74) is 1.49. The van der Waals surface area contributed by atoms with Gasteiger partial charge < -0.3 is 9.80 Å². The van der Waals surface area contributed by atoms with Crippen LogP contribution in [0.2, 0.25) is 5.02 Å². The lowest BCUT2D eigenvalue weighted by molar-refractivity contribution is -0.128. The largest absolute Gasteiger partial charge is 0.342 e. The monoisotopic (exact) mass is 320 g/mol. The quantitative estimate of drug-likeness (QED) is 0.798. The van der Waals surface area contributed by atoms with Gasteiger partial charge in [-0.05, 0) is 18.6 Å². The van der Waals surface area contributed by atoms with E-state index in [1.165, 1.54) is 0 Å². The SMILES string of the molecule is CC(=O)N1C[C@@H]2CN(C(=O)c3cccc(C)c3Cl)C[C@]2(C)C1. The van der Waals surface area contributed by atoms with E-state index in [2.05, 4.69) is 6.92 Å². The fraction of sp³-hybridized carbons (Fsp3) is 0.529. The summed E-state index contributed by atoms with van der Waals surface area (Å²) in [5.74, 6) is 0.470. The van der Waals surface area contributed by atoms with Gasteiger partial charge in [-0.25, -0.2) is 0 Å². The van der Waals surface area contributed by atoms with Crippen molar-refractivity contribution < 1.29 is 9.59 Å². The Hall–Kier alpha value is -1.55. The molecule has 0 unspecified atom stereocenters. The molecule has 0 N–H and O–H groups in total. The molecule has 2 fully saturated rings. The van der Waals surface area contributed by atoms with Crippen LogP contribution in [0, 0.1) is 18.3 Å². The molecule has 0 bridgehead atoms. The minimum absolute atomic E-state index is 0.00120. The first-order chi connectivity index (χ1) is 10.3. The fourth-order valence-electron chi connectivity index (χ4n) is 3.72. The van der Waals surface area contributed by atoms with Crippen LogP contribution in [0.5, 0.6) is 0 Å². The van der Waals surface area contributed by atoms with Crippen molar-refractivity contribution in [3.8, 4) is 0 Å². The van der Waals surface area contributed by atoms with Crippen LogP contribution in [0.1, 0.15) is 29.8 Å². The molecule has 0 aromatic heterocycles. The second-order valence-electron chi connectivity index (χ2n) is 6.87. The summed E-state index contributed by atoms with van der Waals surface area (Å²) in [6.07, 6.45) is 0. The van der Waals surface area contributed by atoms with Crippen molar-refractivity contribution in [1.29, 1.82) is 0 Å². The van der Waals surface area contributed by atoms with Gasteiger partial charge in [0, 0.05) is 44.4 Å². The molecule has 2 heterocycles. The van der Waals surface area contributed by atoms with E-state index >= 15 is 0 Å². The number of aryl methyl sites for hydroxylation is 1. The molecular weight excluding hydrogens is 300 g/mol. The lowest BCUT2D eigenvalue weighted by Crippen LogP contribution is -2.37. The predicted octanol–water partition coefficient (Wildman–Crippen LogP) is 2.59. The van der Waals surface area contributed by atoms with Gasteiger partial charge in [0.25, 0.3) is 5.91 Å². The van der Waals surface area contributed by atoms with Gasteiger partial charge >= 0.3 is 0 Å². The summed E-state index contributed by atoms with van der Waals surface area (Å²) in [7, 11) is 0. The van der Waals surface area contributed by atoms with E-state index in [1.807, 2.05) is 28.9 Å². The number of carbonyl (C=O) groups is 2. The van der Waals surface area contributed by atoms with Crippen molar-refractivity contribution in [1.82, 2.24) is 9.80 Å². The van der Waals surface area contributed by atoms with Crippen LogP contribution < -0.4 is 0 Å². The molecule has 0 radical (unpaired) electrons. The van der Waals surface area contributed by atoms with Crippen molar-refractivity contribution in [2.45, 2.75) is 20.8 Å². The van der Waals surface area contributed by atoms with Crippen molar-refractivity contribution in [2.75, 3.05) is 26.2 Å². The predicted molar refractivity (Wildman–Crippen MR) is 85.9 cm³/mol. The molecule has 0 aliphatic carbocycles. The summed E-state index contributed by atoms with van der Waals surface area (Å²) < 4.78 is 0. The first kappa shape index (κ1) is 15.3. The maximum absolute atomic E-state index is 12.8. The molecule has 0 saturated carbocycles. The second-order valence-corrected chi connectivity index (χ2v) is 7.25. The van der Waals surface area contributed by atoms with Gasteiger partial charge in [-0.1, -0.05) is 30.7 Å². The molecule has 4 nitrogen and oxygen atoms in total. The summed E-state index contributed by atoms with van der Waals surface area (Å²) in [6, 6.07) is 5.56. The highest BCUT2D eigenvalue weighted by Crippen LogP contribution is 2.42. The third-order valence-electron chi connectivity index (χ3n) is 5.13. The number of amides is 2. The van der Waals surface area contributed by atoms with Gasteiger partial charge in [-0.15, -0.1) is 0 Å². The molecule has 118 valence electrons. The van der Waals surface area contributed by atoms with Crippen molar-refractivity contribution in [3.63, 3.8) is 0 Å². The van der Waals surface area contributed by atoms with Crippen molar-refractivity contribution in [3.05, 3.63) is 34.3 Å². The van der Waals surface area contributed by atoms with Gasteiger partial charge in [0.2, 0.25) is 5.91 Å². The Labute approximate surface area is 136 Å². The van der Waals surface area contributed by atoms with Gasteiger partial charge in [0.15, 0.2) is 0 Å². The Kier molecular flexibility index (Phi) is 3.68. The first-order valence-corrected chi connectivity index (χ1v) is 7.99. The van der Waals surface area contributed by atoms with Crippen LogP contribution in [0.3, 0.4) is 0 Å². The summed E-state index contributed by atoms with van der Waals surface area (Å²) in [5, 5.41) is 0.542. The van der Waals surface area contributed by atoms with Crippen LogP contribution in [0.15, 0.2) is 18.2 Å². The van der Waals surface area contributed by atoms with Gasteiger partial charge in [-0.2, -0.15) is 0 Å². The molecule has 22 heavy (non-hydrogen) atoms. The number of halogens is 1. The molecule has 1 aromatic carbocycles. The van der Waals surface area contributed by atoms with E-state index < -0.39 is 0 Å². The lowest BCUT2D eigenvalue weighted by atomic mass is 9.83. The van der Waals surface area contributed by atoms with Gasteiger partial charge in [0.1, 0.15) is 0 Å². The standard InChI is InChI=1S/C17H21ClN2O2/c1-11-5-4-6-14(15(11)18)16(22)20-8-13-7-19(12(2)21)9-17(13,3)10-20/h4-6,13H,7-10H2,1-3H3/t13-,17+/m1/s1. The molecular formula is C17H21ClN2O2. The third-order valence-corrected chi connectivity index (χ3v) is 5.63. The lowest BCUT2D eigenvalue weighted by Gasteiger charge is -2.25. The number of carbonyl (C=O) groups excluding carboxylic acids is 2. The zero-order valence-electron chi connectivity index (χ0n) is 13.2. The molecule has 5 heteroatoms. The molecule has 2 atom stereocenters. The summed E-state index contributed by atoms with van der Waals surface area (Å²) in [6.45, 7) is 8.55. The number of fused-ring (bicyclic) bond motifs is 1. The van der Waals surface area contributed by atoms with Crippen LogP contribution in [0.25, 0.3) is 0 Å². The molecule has 2 aliphatic rings.